The molecule has 1 aromatic heterocycles. The summed E-state index contributed by atoms with van der Waals surface area (Å²) in [7, 11) is 2.19. The summed E-state index contributed by atoms with van der Waals surface area (Å²) in [5.74, 6) is 1.35. The highest BCUT2D eigenvalue weighted by molar-refractivity contribution is 5.16. The minimum absolute atomic E-state index is 0.0491. The van der Waals surface area contributed by atoms with Gasteiger partial charge in [-0.1, -0.05) is 30.3 Å². The average molecular weight is 370 g/mol. The zero-order chi connectivity index (χ0) is 18.6. The molecule has 2 aromatic rings. The van der Waals surface area contributed by atoms with Gasteiger partial charge in [-0.2, -0.15) is 5.10 Å². The Balaban J connectivity index is 1.58. The zero-order valence-electron chi connectivity index (χ0n) is 16.3. The average Bonchev–Trinajstić information content (AvgIpc) is 3.25. The third-order valence-corrected chi connectivity index (χ3v) is 6.18. The fraction of sp³-hybridized carbons (Fsp3) is 0.619. The highest BCUT2D eigenvalue weighted by Crippen LogP contribution is 2.24. The lowest BCUT2D eigenvalue weighted by Gasteiger charge is -2.22. The van der Waals surface area contributed by atoms with Crippen molar-refractivity contribution in [1.82, 2.24) is 24.6 Å². The van der Waals surface area contributed by atoms with Crippen LogP contribution in [-0.2, 0) is 13.1 Å². The monoisotopic (exact) mass is 369 g/mol. The van der Waals surface area contributed by atoms with Crippen molar-refractivity contribution in [1.29, 1.82) is 0 Å². The number of benzene rings is 1. The molecule has 2 saturated heterocycles. The molecule has 1 atom stereocenters. The summed E-state index contributed by atoms with van der Waals surface area (Å²) in [6.45, 7) is 4.51. The minimum Gasteiger partial charge on any atom is -0.317 e. The first-order valence-corrected chi connectivity index (χ1v) is 10.3. The molecule has 146 valence electrons. The maximum Gasteiger partial charge on any atom is 0.346 e. The minimum atomic E-state index is 0.0491. The van der Waals surface area contributed by atoms with Gasteiger partial charge in [0, 0.05) is 18.5 Å². The number of hydrogen-bond donors (Lipinski definition) is 1. The van der Waals surface area contributed by atoms with Crippen molar-refractivity contribution in [3.8, 4) is 0 Å². The van der Waals surface area contributed by atoms with E-state index >= 15 is 0 Å². The number of nitrogens with one attached hydrogen (secondary N) is 1. The van der Waals surface area contributed by atoms with Crippen molar-refractivity contribution in [2.24, 2.45) is 0 Å². The third kappa shape index (κ3) is 4.17. The number of piperidine rings is 1. The van der Waals surface area contributed by atoms with Gasteiger partial charge in [-0.05, 0) is 64.3 Å². The van der Waals surface area contributed by atoms with E-state index < -0.39 is 0 Å². The summed E-state index contributed by atoms with van der Waals surface area (Å²) >= 11 is 0. The van der Waals surface area contributed by atoms with Crippen molar-refractivity contribution < 1.29 is 0 Å². The molecule has 0 bridgehead atoms. The molecule has 0 saturated carbocycles. The number of aryl methyl sites for hydroxylation is 1. The van der Waals surface area contributed by atoms with Crippen LogP contribution in [0.4, 0.5) is 0 Å². The van der Waals surface area contributed by atoms with Crippen LogP contribution in [0.1, 0.15) is 49.4 Å². The van der Waals surface area contributed by atoms with Gasteiger partial charge in [0.15, 0.2) is 0 Å². The summed E-state index contributed by atoms with van der Waals surface area (Å²) < 4.78 is 3.65. The van der Waals surface area contributed by atoms with Gasteiger partial charge >= 0.3 is 5.69 Å². The molecule has 1 N–H and O–H groups in total. The van der Waals surface area contributed by atoms with Gasteiger partial charge in [0.2, 0.25) is 0 Å². The first-order valence-electron chi connectivity index (χ1n) is 10.3. The zero-order valence-corrected chi connectivity index (χ0v) is 16.3. The standard InChI is InChI=1S/C21H31N5O/c1-24-14-5-8-19(24)11-15-26-21(27)25(16-17-6-3-2-4-7-17)20(23-26)18-9-12-22-13-10-18/h2-4,6-7,18-19,22H,5,8-16H2,1H3/t19-/m0/s1. The predicted octanol–water partition coefficient (Wildman–Crippen LogP) is 2.04. The summed E-state index contributed by atoms with van der Waals surface area (Å²) in [6.07, 6.45) is 5.60. The van der Waals surface area contributed by atoms with Crippen molar-refractivity contribution >= 4 is 0 Å². The molecule has 2 aliphatic heterocycles. The van der Waals surface area contributed by atoms with Crippen LogP contribution in [0.2, 0.25) is 0 Å². The maximum atomic E-state index is 13.2. The van der Waals surface area contributed by atoms with Gasteiger partial charge in [0.1, 0.15) is 5.82 Å². The molecule has 4 rings (SSSR count). The van der Waals surface area contributed by atoms with Crippen molar-refractivity contribution in [3.63, 3.8) is 0 Å². The fourth-order valence-electron chi connectivity index (χ4n) is 4.52. The molecule has 0 aliphatic carbocycles. The van der Waals surface area contributed by atoms with E-state index in [0.717, 1.165) is 43.7 Å². The summed E-state index contributed by atoms with van der Waals surface area (Å²) in [4.78, 5) is 15.6. The van der Waals surface area contributed by atoms with Crippen LogP contribution >= 0.6 is 0 Å². The second kappa shape index (κ2) is 8.40. The first-order chi connectivity index (χ1) is 13.2. The van der Waals surface area contributed by atoms with E-state index in [2.05, 4.69) is 29.4 Å². The molecule has 0 unspecified atom stereocenters. The fourth-order valence-corrected chi connectivity index (χ4v) is 4.52. The Morgan fingerprint density at radius 3 is 2.63 bits per heavy atom. The Bertz CT molecular complexity index is 791. The Morgan fingerprint density at radius 1 is 1.15 bits per heavy atom. The highest BCUT2D eigenvalue weighted by Gasteiger charge is 2.25. The van der Waals surface area contributed by atoms with E-state index in [1.807, 2.05) is 22.8 Å². The Labute approximate surface area is 161 Å². The normalized spacial score (nSPS) is 21.7. The molecule has 1 aromatic carbocycles. The number of nitrogens with zero attached hydrogens (tertiary/aromatic N) is 4. The summed E-state index contributed by atoms with van der Waals surface area (Å²) in [5, 5.41) is 8.25. The number of rotatable bonds is 6. The van der Waals surface area contributed by atoms with Crippen LogP contribution in [0.3, 0.4) is 0 Å². The second-order valence-corrected chi connectivity index (χ2v) is 8.03. The Kier molecular flexibility index (Phi) is 5.74. The van der Waals surface area contributed by atoms with Gasteiger partial charge in [0.05, 0.1) is 6.54 Å². The molecule has 0 amide bonds. The van der Waals surface area contributed by atoms with Crippen LogP contribution < -0.4 is 11.0 Å². The SMILES string of the molecule is CN1CCC[C@H]1CCn1nc(C2CCNCC2)n(Cc2ccccc2)c1=O. The lowest BCUT2D eigenvalue weighted by molar-refractivity contribution is 0.281. The number of aromatic nitrogens is 3. The summed E-state index contributed by atoms with van der Waals surface area (Å²) in [5.41, 5.74) is 1.21. The second-order valence-electron chi connectivity index (χ2n) is 8.03. The van der Waals surface area contributed by atoms with Crippen molar-refractivity contribution in [3.05, 3.63) is 52.2 Å². The van der Waals surface area contributed by atoms with E-state index in [-0.39, 0.29) is 5.69 Å². The van der Waals surface area contributed by atoms with Crippen LogP contribution in [-0.4, -0.2) is 52.0 Å². The molecular weight excluding hydrogens is 338 g/mol. The number of likely N-dealkylation sites (tertiary alicyclic amines) is 1. The maximum absolute atomic E-state index is 13.2. The van der Waals surface area contributed by atoms with Gasteiger partial charge in [-0.25, -0.2) is 9.48 Å². The van der Waals surface area contributed by atoms with Crippen LogP contribution in [0, 0.1) is 0 Å². The molecule has 0 spiro atoms. The van der Waals surface area contributed by atoms with Gasteiger partial charge in [0.25, 0.3) is 0 Å². The van der Waals surface area contributed by atoms with Gasteiger partial charge in [-0.3, -0.25) is 4.57 Å². The largest absolute Gasteiger partial charge is 0.346 e. The lowest BCUT2D eigenvalue weighted by Crippen LogP contribution is -2.31. The van der Waals surface area contributed by atoms with Gasteiger partial charge in [-0.15, -0.1) is 0 Å². The molecule has 0 radical (unpaired) electrons. The smallest absolute Gasteiger partial charge is 0.317 e. The topological polar surface area (TPSA) is 55.1 Å². The Hall–Kier alpha value is -1.92. The highest BCUT2D eigenvalue weighted by atomic mass is 16.2. The molecule has 2 aliphatic rings. The van der Waals surface area contributed by atoms with E-state index in [9.17, 15) is 4.79 Å². The number of hydrogen-bond acceptors (Lipinski definition) is 4. The third-order valence-electron chi connectivity index (χ3n) is 6.18. The Morgan fingerprint density at radius 2 is 1.93 bits per heavy atom. The van der Waals surface area contributed by atoms with Gasteiger partial charge < -0.3 is 10.2 Å². The van der Waals surface area contributed by atoms with E-state index in [4.69, 9.17) is 5.10 Å². The van der Waals surface area contributed by atoms with Crippen LogP contribution in [0.15, 0.2) is 35.1 Å². The van der Waals surface area contributed by atoms with Crippen molar-refractivity contribution in [2.75, 3.05) is 26.7 Å². The molecule has 6 heteroatoms. The van der Waals surface area contributed by atoms with E-state index in [0.29, 0.717) is 25.0 Å². The lowest BCUT2D eigenvalue weighted by atomic mass is 9.97. The van der Waals surface area contributed by atoms with Crippen LogP contribution in [0.5, 0.6) is 0 Å². The van der Waals surface area contributed by atoms with Crippen molar-refractivity contribution in [2.45, 2.75) is 57.2 Å². The summed E-state index contributed by atoms with van der Waals surface area (Å²) in [6, 6.07) is 10.8. The molecule has 2 fully saturated rings. The van der Waals surface area contributed by atoms with E-state index in [1.165, 1.54) is 19.4 Å². The predicted molar refractivity (Wildman–Crippen MR) is 107 cm³/mol. The quantitative estimate of drug-likeness (QED) is 0.847. The molecule has 3 heterocycles. The first kappa shape index (κ1) is 18.4. The van der Waals surface area contributed by atoms with E-state index in [1.54, 1.807) is 4.68 Å². The molecule has 27 heavy (non-hydrogen) atoms. The molecular formula is C21H31N5O. The molecule has 6 nitrogen and oxygen atoms in total. The van der Waals surface area contributed by atoms with Crippen LogP contribution in [0.25, 0.3) is 0 Å².